The molecule has 0 fully saturated rings. The van der Waals surface area contributed by atoms with Gasteiger partial charge in [-0.2, -0.15) is 25.9 Å². The maximum Gasteiger partial charge on any atom is 0.416 e. The van der Waals surface area contributed by atoms with Gasteiger partial charge in [-0.3, -0.25) is 0 Å². The van der Waals surface area contributed by atoms with Crippen LogP contribution in [0.4, 0.5) is 13.2 Å². The van der Waals surface area contributed by atoms with Crippen molar-refractivity contribution in [1.82, 2.24) is 4.31 Å². The molecule has 3 nitrogen and oxygen atoms in total. The molecule has 96 valence electrons. The molecule has 0 amide bonds. The fourth-order valence-corrected chi connectivity index (χ4v) is 1.58. The summed E-state index contributed by atoms with van der Waals surface area (Å²) in [6.45, 7) is -0.0794. The van der Waals surface area contributed by atoms with Crippen molar-refractivity contribution in [3.63, 3.8) is 0 Å². The topological polar surface area (TPSA) is 37.4 Å². The van der Waals surface area contributed by atoms with Crippen LogP contribution in [0, 0.1) is 0 Å². The predicted molar refractivity (Wildman–Crippen MR) is 57.7 cm³/mol. The van der Waals surface area contributed by atoms with E-state index in [0.717, 1.165) is 16.4 Å². The Balaban J connectivity index is 2.83. The minimum absolute atomic E-state index is 0.0794. The van der Waals surface area contributed by atoms with Crippen LogP contribution in [0.3, 0.4) is 0 Å². The first kappa shape index (κ1) is 14.3. The van der Waals surface area contributed by atoms with E-state index in [2.05, 4.69) is 0 Å². The monoisotopic (exact) mass is 287 g/mol. The van der Waals surface area contributed by atoms with Crippen LogP contribution in [0.1, 0.15) is 11.1 Å². The second-order valence-corrected chi connectivity index (χ2v) is 6.01. The van der Waals surface area contributed by atoms with Crippen LogP contribution in [0.5, 0.6) is 0 Å². The molecule has 0 unspecified atom stereocenters. The highest BCUT2D eigenvalue weighted by Crippen LogP contribution is 2.29. The van der Waals surface area contributed by atoms with Crippen molar-refractivity contribution in [2.75, 3.05) is 7.05 Å². The van der Waals surface area contributed by atoms with Crippen LogP contribution in [0.2, 0.25) is 0 Å². The summed E-state index contributed by atoms with van der Waals surface area (Å²) in [7, 11) is 2.44. The maximum absolute atomic E-state index is 12.2. The Morgan fingerprint density at radius 1 is 1.24 bits per heavy atom. The Hall–Kier alpha value is -0.790. The molecular weight excluding hydrogens is 279 g/mol. The molecule has 0 radical (unpaired) electrons. The second kappa shape index (κ2) is 4.83. The van der Waals surface area contributed by atoms with Crippen LogP contribution >= 0.6 is 10.7 Å². The fourth-order valence-electron chi connectivity index (χ4n) is 1.13. The summed E-state index contributed by atoms with van der Waals surface area (Å²) in [6.07, 6.45) is -4.40. The normalized spacial score (nSPS) is 13.1. The van der Waals surface area contributed by atoms with E-state index in [1.165, 1.54) is 19.2 Å². The predicted octanol–water partition coefficient (Wildman–Crippen LogP) is 2.62. The van der Waals surface area contributed by atoms with Crippen molar-refractivity contribution in [3.05, 3.63) is 35.4 Å². The van der Waals surface area contributed by atoms with E-state index >= 15 is 0 Å². The van der Waals surface area contributed by atoms with E-state index in [-0.39, 0.29) is 6.54 Å². The molecule has 8 heteroatoms. The van der Waals surface area contributed by atoms with Gasteiger partial charge in [0.1, 0.15) is 0 Å². The zero-order chi connectivity index (χ0) is 13.3. The third-order valence-electron chi connectivity index (χ3n) is 2.06. The molecular formula is C9H9ClF3NO2S. The Morgan fingerprint density at radius 2 is 1.71 bits per heavy atom. The molecule has 0 aliphatic rings. The molecule has 0 N–H and O–H groups in total. The molecule has 1 aromatic rings. The summed E-state index contributed by atoms with van der Waals surface area (Å²) >= 11 is 0. The summed E-state index contributed by atoms with van der Waals surface area (Å²) < 4.78 is 59.3. The van der Waals surface area contributed by atoms with Crippen molar-refractivity contribution in [2.24, 2.45) is 0 Å². The van der Waals surface area contributed by atoms with E-state index in [1.54, 1.807) is 0 Å². The lowest BCUT2D eigenvalue weighted by atomic mass is 10.1. The molecule has 0 aromatic heterocycles. The van der Waals surface area contributed by atoms with Crippen molar-refractivity contribution in [2.45, 2.75) is 12.7 Å². The zero-order valence-corrected chi connectivity index (χ0v) is 10.3. The molecule has 1 rings (SSSR count). The van der Waals surface area contributed by atoms with Gasteiger partial charge in [-0.1, -0.05) is 12.1 Å². The number of nitrogens with zero attached hydrogens (tertiary/aromatic N) is 1. The zero-order valence-electron chi connectivity index (χ0n) is 8.70. The summed E-state index contributed by atoms with van der Waals surface area (Å²) in [5.74, 6) is 0. The van der Waals surface area contributed by atoms with Gasteiger partial charge >= 0.3 is 6.18 Å². The van der Waals surface area contributed by atoms with Crippen molar-refractivity contribution in [3.8, 4) is 0 Å². The minimum atomic E-state index is -4.40. The van der Waals surface area contributed by atoms with E-state index < -0.39 is 21.0 Å². The fraction of sp³-hybridized carbons (Fsp3) is 0.333. The van der Waals surface area contributed by atoms with E-state index in [0.29, 0.717) is 5.56 Å². The molecule has 0 spiro atoms. The molecule has 1 aromatic carbocycles. The molecule has 0 atom stereocenters. The first-order chi connectivity index (χ1) is 7.60. The highest BCUT2D eigenvalue weighted by atomic mass is 35.7. The van der Waals surface area contributed by atoms with Gasteiger partial charge in [0.2, 0.25) is 0 Å². The smallest absolute Gasteiger partial charge is 0.195 e. The summed E-state index contributed by atoms with van der Waals surface area (Å²) in [5.41, 5.74) is -0.359. The van der Waals surface area contributed by atoms with Crippen LogP contribution in [-0.2, 0) is 22.0 Å². The summed E-state index contributed by atoms with van der Waals surface area (Å²) in [6, 6.07) is 4.21. The van der Waals surface area contributed by atoms with Gasteiger partial charge in [-0.15, -0.1) is 0 Å². The lowest BCUT2D eigenvalue weighted by Crippen LogP contribution is -2.21. The Labute approximate surface area is 101 Å². The third-order valence-corrected chi connectivity index (χ3v) is 3.64. The number of hydrogen-bond donors (Lipinski definition) is 0. The molecule has 0 aliphatic carbocycles. The maximum atomic E-state index is 12.2. The van der Waals surface area contributed by atoms with Gasteiger partial charge in [0, 0.05) is 24.3 Å². The quantitative estimate of drug-likeness (QED) is 0.802. The number of halogens is 4. The average molecular weight is 288 g/mol. The van der Waals surface area contributed by atoms with Crippen LogP contribution in [0.15, 0.2) is 24.3 Å². The standard InChI is InChI=1S/C9H9ClF3NO2S/c1-14(17(10,15)16)6-7-2-4-8(5-3-7)9(11,12)13/h2-5H,6H2,1H3. The number of alkyl halides is 3. The number of rotatable bonds is 3. The molecule has 0 bridgehead atoms. The van der Waals surface area contributed by atoms with Gasteiger partial charge in [-0.25, -0.2) is 0 Å². The summed E-state index contributed by atoms with van der Waals surface area (Å²) in [5, 5.41) is 0. The average Bonchev–Trinajstić information content (AvgIpc) is 2.15. The summed E-state index contributed by atoms with van der Waals surface area (Å²) in [4.78, 5) is 0. The highest BCUT2D eigenvalue weighted by Gasteiger charge is 2.30. The Morgan fingerprint density at radius 3 is 2.06 bits per heavy atom. The molecule has 0 aliphatic heterocycles. The van der Waals surface area contributed by atoms with Gasteiger partial charge in [0.05, 0.1) is 5.56 Å². The first-order valence-electron chi connectivity index (χ1n) is 4.43. The largest absolute Gasteiger partial charge is 0.416 e. The lowest BCUT2D eigenvalue weighted by Gasteiger charge is -2.13. The molecule has 0 saturated carbocycles. The third kappa shape index (κ3) is 4.18. The van der Waals surface area contributed by atoms with Gasteiger partial charge in [0.25, 0.3) is 9.24 Å². The lowest BCUT2D eigenvalue weighted by molar-refractivity contribution is -0.137. The van der Waals surface area contributed by atoms with E-state index in [1.807, 2.05) is 0 Å². The SMILES string of the molecule is CN(Cc1ccc(C(F)(F)F)cc1)S(=O)(=O)Cl. The minimum Gasteiger partial charge on any atom is -0.195 e. The van der Waals surface area contributed by atoms with E-state index in [4.69, 9.17) is 10.7 Å². The highest BCUT2D eigenvalue weighted by molar-refractivity contribution is 8.11. The Bertz CT molecular complexity index is 484. The number of benzene rings is 1. The Kier molecular flexibility index (Phi) is 4.06. The first-order valence-corrected chi connectivity index (χ1v) is 6.69. The van der Waals surface area contributed by atoms with Crippen molar-refractivity contribution in [1.29, 1.82) is 0 Å². The molecule has 0 saturated heterocycles. The number of hydrogen-bond acceptors (Lipinski definition) is 2. The van der Waals surface area contributed by atoms with Crippen molar-refractivity contribution < 1.29 is 21.6 Å². The van der Waals surface area contributed by atoms with Crippen LogP contribution < -0.4 is 0 Å². The molecule has 17 heavy (non-hydrogen) atoms. The van der Waals surface area contributed by atoms with Gasteiger partial charge < -0.3 is 0 Å². The molecule has 0 heterocycles. The second-order valence-electron chi connectivity index (χ2n) is 3.39. The van der Waals surface area contributed by atoms with Crippen LogP contribution in [0.25, 0.3) is 0 Å². The van der Waals surface area contributed by atoms with Gasteiger partial charge in [-0.05, 0) is 17.7 Å². The van der Waals surface area contributed by atoms with E-state index in [9.17, 15) is 21.6 Å². The van der Waals surface area contributed by atoms with Crippen LogP contribution in [-0.4, -0.2) is 19.8 Å². The van der Waals surface area contributed by atoms with Gasteiger partial charge in [0.15, 0.2) is 0 Å². The van der Waals surface area contributed by atoms with Crippen molar-refractivity contribution >= 4 is 19.9 Å².